The second-order valence-corrected chi connectivity index (χ2v) is 13.3. The monoisotopic (exact) mass is 691 g/mol. The van der Waals surface area contributed by atoms with Crippen molar-refractivity contribution in [2.24, 2.45) is 11.8 Å². The molecule has 0 unspecified atom stereocenters. The maximum absolute atomic E-state index is 14.7. The molecule has 10 nitrogen and oxygen atoms in total. The first-order valence-electron chi connectivity index (χ1n) is 17.2. The molecule has 11 heteroatoms. The number of allylic oxidation sites excluding steroid dienone is 1. The predicted molar refractivity (Wildman–Crippen MR) is 187 cm³/mol. The Labute approximate surface area is 293 Å². The van der Waals surface area contributed by atoms with E-state index in [0.717, 1.165) is 12.8 Å². The predicted octanol–water partition coefficient (Wildman–Crippen LogP) is 5.15. The molecular formula is C38H46ClN3O7. The maximum atomic E-state index is 14.7. The molecule has 2 N–H and O–H groups in total. The Morgan fingerprint density at radius 1 is 1.08 bits per heavy atom. The van der Waals surface area contributed by atoms with Crippen molar-refractivity contribution < 1.29 is 33.8 Å². The van der Waals surface area contributed by atoms with Gasteiger partial charge in [-0.15, -0.1) is 13.2 Å². The van der Waals surface area contributed by atoms with Crippen molar-refractivity contribution in [3.63, 3.8) is 0 Å². The number of rotatable bonds is 18. The zero-order chi connectivity index (χ0) is 35.0. The first-order valence-corrected chi connectivity index (χ1v) is 17.5. The SMILES string of the molecule is C=CCCC(=O)NC[C@H](OC(=O)[C@@H]1[C@@H]2CC[C@]3(O2)[C@H](C(=O)N(CC=C)c2ccc(Cl)cc2)N(CCCCCCO)C(=O)[C@@H]13)c1ccccc1. The molecule has 2 bridgehead atoms. The Kier molecular flexibility index (Phi) is 12.3. The molecule has 3 aliphatic rings. The van der Waals surface area contributed by atoms with Gasteiger partial charge in [0.05, 0.1) is 24.5 Å². The Balaban J connectivity index is 1.44. The van der Waals surface area contributed by atoms with E-state index in [1.807, 2.05) is 30.3 Å². The second-order valence-electron chi connectivity index (χ2n) is 12.9. The van der Waals surface area contributed by atoms with E-state index in [1.165, 1.54) is 0 Å². The largest absolute Gasteiger partial charge is 0.455 e. The summed E-state index contributed by atoms with van der Waals surface area (Å²) in [6.07, 6.45) is 6.48. The van der Waals surface area contributed by atoms with Gasteiger partial charge in [0, 0.05) is 36.8 Å². The summed E-state index contributed by atoms with van der Waals surface area (Å²) >= 11 is 6.15. The van der Waals surface area contributed by atoms with E-state index >= 15 is 0 Å². The van der Waals surface area contributed by atoms with Gasteiger partial charge in [-0.05, 0) is 61.9 Å². The van der Waals surface area contributed by atoms with Crippen molar-refractivity contribution in [2.75, 3.05) is 31.1 Å². The van der Waals surface area contributed by atoms with Gasteiger partial charge in [-0.25, -0.2) is 0 Å². The van der Waals surface area contributed by atoms with Crippen LogP contribution in [0.1, 0.15) is 63.0 Å². The van der Waals surface area contributed by atoms with E-state index in [4.69, 9.17) is 21.1 Å². The smallest absolute Gasteiger partial charge is 0.313 e. The first-order chi connectivity index (χ1) is 23.7. The van der Waals surface area contributed by atoms with E-state index in [-0.39, 0.29) is 43.8 Å². The summed E-state index contributed by atoms with van der Waals surface area (Å²) < 4.78 is 12.8. The van der Waals surface area contributed by atoms with Crippen LogP contribution in [0.5, 0.6) is 0 Å². The Morgan fingerprint density at radius 2 is 1.82 bits per heavy atom. The molecule has 3 aliphatic heterocycles. The fraction of sp³-hybridized carbons (Fsp3) is 0.474. The minimum absolute atomic E-state index is 0.0619. The number of aliphatic hydroxyl groups is 1. The van der Waals surface area contributed by atoms with E-state index in [1.54, 1.807) is 46.2 Å². The topological polar surface area (TPSA) is 125 Å². The molecule has 2 aromatic carbocycles. The number of amides is 3. The number of hydrogen-bond acceptors (Lipinski definition) is 7. The van der Waals surface area contributed by atoms with Gasteiger partial charge >= 0.3 is 5.97 Å². The van der Waals surface area contributed by atoms with Gasteiger partial charge in [0.1, 0.15) is 17.7 Å². The summed E-state index contributed by atoms with van der Waals surface area (Å²) in [4.78, 5) is 59.0. The number of halogens is 1. The zero-order valence-corrected chi connectivity index (χ0v) is 28.6. The number of aliphatic hydroxyl groups excluding tert-OH is 1. The van der Waals surface area contributed by atoms with E-state index < -0.39 is 41.7 Å². The van der Waals surface area contributed by atoms with Crippen LogP contribution in [0.2, 0.25) is 5.02 Å². The van der Waals surface area contributed by atoms with Gasteiger partial charge in [0.2, 0.25) is 11.8 Å². The Bertz CT molecular complexity index is 1500. The van der Waals surface area contributed by atoms with Crippen molar-refractivity contribution in [1.82, 2.24) is 10.2 Å². The van der Waals surface area contributed by atoms with Gasteiger partial charge < -0.3 is 29.7 Å². The van der Waals surface area contributed by atoms with Gasteiger partial charge in [-0.1, -0.05) is 66.9 Å². The lowest BCUT2D eigenvalue weighted by molar-refractivity contribution is -0.160. The number of carbonyl (C=O) groups excluding carboxylic acids is 4. The van der Waals surface area contributed by atoms with Crippen molar-refractivity contribution in [3.05, 3.63) is 90.5 Å². The molecule has 0 aromatic heterocycles. The molecule has 5 rings (SSSR count). The minimum atomic E-state index is -1.21. The summed E-state index contributed by atoms with van der Waals surface area (Å²) in [5.41, 5.74) is 0.103. The quantitative estimate of drug-likeness (QED) is 0.126. The molecule has 0 aliphatic carbocycles. The lowest BCUT2D eigenvalue weighted by Gasteiger charge is -2.36. The van der Waals surface area contributed by atoms with Crippen LogP contribution in [-0.2, 0) is 28.7 Å². The number of anilines is 1. The third kappa shape index (κ3) is 7.77. The molecule has 3 heterocycles. The van der Waals surface area contributed by atoms with Crippen molar-refractivity contribution >= 4 is 41.0 Å². The van der Waals surface area contributed by atoms with E-state index in [2.05, 4.69) is 18.5 Å². The molecule has 3 amide bonds. The molecule has 3 saturated heterocycles. The molecule has 262 valence electrons. The summed E-state index contributed by atoms with van der Waals surface area (Å²) in [5, 5.41) is 12.6. The van der Waals surface area contributed by atoms with Gasteiger partial charge in [-0.3, -0.25) is 19.2 Å². The summed E-state index contributed by atoms with van der Waals surface area (Å²) in [5.74, 6) is -3.20. The van der Waals surface area contributed by atoms with Crippen LogP contribution in [0.25, 0.3) is 0 Å². The number of ether oxygens (including phenoxy) is 2. The molecule has 0 saturated carbocycles. The number of likely N-dealkylation sites (tertiary alicyclic amines) is 1. The fourth-order valence-corrected chi connectivity index (χ4v) is 7.68. The second kappa shape index (κ2) is 16.6. The zero-order valence-electron chi connectivity index (χ0n) is 27.8. The maximum Gasteiger partial charge on any atom is 0.313 e. The standard InChI is InChI=1S/C38H46ClN3O7/c1-3-5-15-31(44)40-25-30(26-13-9-8-10-14-26)48-37(47)32-29-20-21-38(49-29)33(32)35(45)42(23-11-6-7-12-24-43)34(38)36(46)41(22-4-2)28-18-16-27(39)17-19-28/h3-4,8-10,13-14,16-19,29-30,32-34,43H,1-2,5-7,11-12,15,20-25H2,(H,40,44)/t29-,30-,32+,33+,34-,38+/m0/s1. The van der Waals surface area contributed by atoms with E-state index in [9.17, 15) is 24.3 Å². The van der Waals surface area contributed by atoms with Crippen LogP contribution in [0.3, 0.4) is 0 Å². The molecule has 1 spiro atoms. The Hall–Kier alpha value is -3.99. The summed E-state index contributed by atoms with van der Waals surface area (Å²) in [6, 6.07) is 15.1. The van der Waals surface area contributed by atoms with Crippen LogP contribution < -0.4 is 10.2 Å². The molecule has 49 heavy (non-hydrogen) atoms. The van der Waals surface area contributed by atoms with Crippen LogP contribution >= 0.6 is 11.6 Å². The van der Waals surface area contributed by atoms with Crippen LogP contribution in [0, 0.1) is 11.8 Å². The highest BCUT2D eigenvalue weighted by Crippen LogP contribution is 2.59. The van der Waals surface area contributed by atoms with Gasteiger partial charge in [0.15, 0.2) is 0 Å². The molecule has 6 atom stereocenters. The highest BCUT2D eigenvalue weighted by Gasteiger charge is 2.75. The third-order valence-corrected chi connectivity index (χ3v) is 10.1. The van der Waals surface area contributed by atoms with E-state index in [0.29, 0.717) is 54.9 Å². The summed E-state index contributed by atoms with van der Waals surface area (Å²) in [7, 11) is 0. The van der Waals surface area contributed by atoms with Crippen molar-refractivity contribution in [3.8, 4) is 0 Å². The minimum Gasteiger partial charge on any atom is -0.455 e. The highest BCUT2D eigenvalue weighted by molar-refractivity contribution is 6.30. The van der Waals surface area contributed by atoms with Gasteiger partial charge in [0.25, 0.3) is 5.91 Å². The number of benzene rings is 2. The lowest BCUT2D eigenvalue weighted by atomic mass is 9.70. The van der Waals surface area contributed by atoms with Gasteiger partial charge in [-0.2, -0.15) is 0 Å². The number of carbonyl (C=O) groups is 4. The van der Waals surface area contributed by atoms with Crippen LogP contribution in [0.4, 0.5) is 5.69 Å². The number of fused-ring (bicyclic) bond motifs is 1. The molecule has 0 radical (unpaired) electrons. The molecular weight excluding hydrogens is 646 g/mol. The van der Waals surface area contributed by atoms with Crippen molar-refractivity contribution in [1.29, 1.82) is 0 Å². The average Bonchev–Trinajstić information content (AvgIpc) is 3.75. The van der Waals surface area contributed by atoms with Crippen LogP contribution in [0.15, 0.2) is 79.9 Å². The lowest BCUT2D eigenvalue weighted by Crippen LogP contribution is -2.56. The van der Waals surface area contributed by atoms with Crippen molar-refractivity contribution in [2.45, 2.75) is 75.2 Å². The Morgan fingerprint density at radius 3 is 2.51 bits per heavy atom. The number of nitrogens with zero attached hydrogens (tertiary/aromatic N) is 2. The number of nitrogens with one attached hydrogen (secondary N) is 1. The number of unbranched alkanes of at least 4 members (excludes halogenated alkanes) is 3. The molecule has 2 aromatic rings. The summed E-state index contributed by atoms with van der Waals surface area (Å²) in [6.45, 7) is 8.18. The number of hydrogen-bond donors (Lipinski definition) is 2. The average molecular weight is 692 g/mol. The number of esters is 1. The highest BCUT2D eigenvalue weighted by atomic mass is 35.5. The third-order valence-electron chi connectivity index (χ3n) is 9.82. The first kappa shape index (κ1) is 36.3. The molecule has 3 fully saturated rings. The fourth-order valence-electron chi connectivity index (χ4n) is 7.55. The van der Waals surface area contributed by atoms with Crippen LogP contribution in [-0.4, -0.2) is 77.7 Å². The normalized spacial score (nSPS) is 24.3.